The van der Waals surface area contributed by atoms with Crippen molar-refractivity contribution in [1.29, 1.82) is 0 Å². The molecule has 1 aliphatic heterocycles. The lowest BCUT2D eigenvalue weighted by atomic mass is 9.94. The van der Waals surface area contributed by atoms with Gasteiger partial charge in [-0.2, -0.15) is 5.10 Å². The van der Waals surface area contributed by atoms with E-state index in [-0.39, 0.29) is 17.8 Å². The smallest absolute Gasteiger partial charge is 0.274 e. The Kier molecular flexibility index (Phi) is 5.86. The SMILES string of the molecule is CCN(C(=O)c1nn(-c2ccc(F)cc2)c2c1CCCC2)C1CCN(c2ncnc3nc[nH]c23)CC1. The number of hydrogen-bond donors (Lipinski definition) is 1. The van der Waals surface area contributed by atoms with Crippen molar-refractivity contribution < 1.29 is 9.18 Å². The largest absolute Gasteiger partial charge is 0.355 e. The molecule has 0 unspecified atom stereocenters. The van der Waals surface area contributed by atoms with E-state index in [1.807, 2.05) is 16.5 Å². The first-order valence-corrected chi connectivity index (χ1v) is 12.7. The predicted molar refractivity (Wildman–Crippen MR) is 134 cm³/mol. The minimum absolute atomic E-state index is 0.00652. The maximum atomic E-state index is 13.9. The zero-order chi connectivity index (χ0) is 24.6. The van der Waals surface area contributed by atoms with Gasteiger partial charge in [-0.05, 0) is 69.7 Å². The molecule has 1 aromatic carbocycles. The van der Waals surface area contributed by atoms with Gasteiger partial charge in [0, 0.05) is 36.9 Å². The number of nitrogens with zero attached hydrogens (tertiary/aromatic N) is 7. The number of aromatic nitrogens is 6. The number of amides is 1. The summed E-state index contributed by atoms with van der Waals surface area (Å²) in [5, 5.41) is 4.81. The molecule has 0 atom stereocenters. The van der Waals surface area contributed by atoms with Crippen LogP contribution >= 0.6 is 0 Å². The average molecular weight is 489 g/mol. The Morgan fingerprint density at radius 3 is 2.67 bits per heavy atom. The highest BCUT2D eigenvalue weighted by molar-refractivity contribution is 5.94. The van der Waals surface area contributed by atoms with Crippen LogP contribution in [-0.2, 0) is 12.8 Å². The van der Waals surface area contributed by atoms with Crippen LogP contribution in [0.1, 0.15) is 54.4 Å². The summed E-state index contributed by atoms with van der Waals surface area (Å²) in [6.45, 7) is 4.25. The normalized spacial score (nSPS) is 16.3. The number of piperidine rings is 1. The second kappa shape index (κ2) is 9.33. The molecule has 2 aliphatic rings. The van der Waals surface area contributed by atoms with Crippen molar-refractivity contribution in [3.63, 3.8) is 0 Å². The maximum Gasteiger partial charge on any atom is 0.274 e. The van der Waals surface area contributed by atoms with Gasteiger partial charge >= 0.3 is 0 Å². The molecular formula is C26H29FN8O. The highest BCUT2D eigenvalue weighted by Crippen LogP contribution is 2.30. The van der Waals surface area contributed by atoms with Gasteiger partial charge in [0.25, 0.3) is 5.91 Å². The standard InChI is InChI=1S/C26H29FN8O/c1-2-34(18-11-13-33(14-12-18)25-23-24(29-15-28-23)30-16-31-25)26(36)22-20-5-3-4-6-21(20)35(32-22)19-9-7-17(27)8-10-19/h7-10,15-16,18H,2-6,11-14H2,1H3,(H,28,29,30,31). The van der Waals surface area contributed by atoms with E-state index in [2.05, 4.69) is 24.8 Å². The highest BCUT2D eigenvalue weighted by atomic mass is 19.1. The number of hydrogen-bond acceptors (Lipinski definition) is 6. The van der Waals surface area contributed by atoms with Crippen LogP contribution < -0.4 is 4.90 Å². The molecular weight excluding hydrogens is 459 g/mol. The van der Waals surface area contributed by atoms with Crippen LogP contribution in [0.25, 0.3) is 16.9 Å². The van der Waals surface area contributed by atoms with Gasteiger partial charge in [-0.25, -0.2) is 24.0 Å². The van der Waals surface area contributed by atoms with Gasteiger partial charge in [0.05, 0.1) is 12.0 Å². The van der Waals surface area contributed by atoms with Crippen molar-refractivity contribution in [1.82, 2.24) is 34.6 Å². The molecule has 186 valence electrons. The molecule has 4 heterocycles. The Morgan fingerprint density at radius 1 is 1.11 bits per heavy atom. The zero-order valence-corrected chi connectivity index (χ0v) is 20.3. The van der Waals surface area contributed by atoms with Crippen LogP contribution in [0.15, 0.2) is 36.9 Å². The monoisotopic (exact) mass is 488 g/mol. The second-order valence-corrected chi connectivity index (χ2v) is 9.48. The van der Waals surface area contributed by atoms with Gasteiger partial charge in [0.15, 0.2) is 17.2 Å². The number of carbonyl (C=O) groups is 1. The van der Waals surface area contributed by atoms with Crippen LogP contribution in [-0.4, -0.2) is 66.2 Å². The van der Waals surface area contributed by atoms with Crippen LogP contribution in [0, 0.1) is 5.82 Å². The average Bonchev–Trinajstić information content (AvgIpc) is 3.55. The third-order valence-corrected chi connectivity index (χ3v) is 7.46. The minimum atomic E-state index is -0.283. The van der Waals surface area contributed by atoms with Gasteiger partial charge in [0.2, 0.25) is 0 Å². The van der Waals surface area contributed by atoms with Crippen molar-refractivity contribution in [2.45, 2.75) is 51.5 Å². The maximum absolute atomic E-state index is 13.9. The molecule has 36 heavy (non-hydrogen) atoms. The molecule has 0 bridgehead atoms. The zero-order valence-electron chi connectivity index (χ0n) is 20.3. The lowest BCUT2D eigenvalue weighted by Gasteiger charge is -2.38. The summed E-state index contributed by atoms with van der Waals surface area (Å²) in [4.78, 5) is 34.2. The van der Waals surface area contributed by atoms with E-state index in [9.17, 15) is 9.18 Å². The fraction of sp³-hybridized carbons (Fsp3) is 0.423. The van der Waals surface area contributed by atoms with Crippen molar-refractivity contribution in [2.75, 3.05) is 24.5 Å². The Bertz CT molecular complexity index is 1390. The van der Waals surface area contributed by atoms with E-state index >= 15 is 0 Å². The molecule has 0 radical (unpaired) electrons. The van der Waals surface area contributed by atoms with Crippen molar-refractivity contribution in [3.05, 3.63) is 59.7 Å². The van der Waals surface area contributed by atoms with Gasteiger partial charge in [-0.3, -0.25) is 4.79 Å². The third-order valence-electron chi connectivity index (χ3n) is 7.46. The summed E-state index contributed by atoms with van der Waals surface area (Å²) in [6.07, 6.45) is 8.72. The summed E-state index contributed by atoms with van der Waals surface area (Å²) in [7, 11) is 0. The topological polar surface area (TPSA) is 95.8 Å². The fourth-order valence-corrected chi connectivity index (χ4v) is 5.65. The van der Waals surface area contributed by atoms with Crippen LogP contribution in [0.3, 0.4) is 0 Å². The van der Waals surface area contributed by atoms with Crippen molar-refractivity contribution in [3.8, 4) is 5.69 Å². The number of aromatic amines is 1. The molecule has 0 spiro atoms. The first kappa shape index (κ1) is 22.6. The fourth-order valence-electron chi connectivity index (χ4n) is 5.65. The van der Waals surface area contributed by atoms with Gasteiger partial charge < -0.3 is 14.8 Å². The molecule has 1 amide bonds. The predicted octanol–water partition coefficient (Wildman–Crippen LogP) is 3.69. The van der Waals surface area contributed by atoms with Crippen LogP contribution in [0.2, 0.25) is 0 Å². The number of carbonyl (C=O) groups excluding carboxylic acids is 1. The summed E-state index contributed by atoms with van der Waals surface area (Å²) in [6, 6.07) is 6.46. The van der Waals surface area contributed by atoms with Crippen molar-refractivity contribution in [2.24, 2.45) is 0 Å². The lowest BCUT2D eigenvalue weighted by Crippen LogP contribution is -2.48. The molecule has 6 rings (SSSR count). The molecule has 0 saturated carbocycles. The Morgan fingerprint density at radius 2 is 1.89 bits per heavy atom. The van der Waals surface area contributed by atoms with Gasteiger partial charge in [-0.1, -0.05) is 0 Å². The Balaban J connectivity index is 1.24. The van der Waals surface area contributed by atoms with E-state index in [4.69, 9.17) is 5.10 Å². The minimum Gasteiger partial charge on any atom is -0.355 e. The number of rotatable bonds is 5. The van der Waals surface area contributed by atoms with Crippen LogP contribution in [0.5, 0.6) is 0 Å². The van der Waals surface area contributed by atoms with Gasteiger partial charge in [0.1, 0.15) is 17.7 Å². The Labute approximate surface area is 208 Å². The summed E-state index contributed by atoms with van der Waals surface area (Å²) < 4.78 is 15.4. The first-order valence-electron chi connectivity index (χ1n) is 12.7. The third kappa shape index (κ3) is 3.90. The number of benzene rings is 1. The second-order valence-electron chi connectivity index (χ2n) is 9.48. The van der Waals surface area contributed by atoms with E-state index in [1.54, 1.807) is 24.8 Å². The molecule has 1 N–H and O–H groups in total. The molecule has 3 aromatic heterocycles. The van der Waals surface area contributed by atoms with Crippen molar-refractivity contribution >= 4 is 22.9 Å². The molecule has 4 aromatic rings. The summed E-state index contributed by atoms with van der Waals surface area (Å²) >= 11 is 0. The number of fused-ring (bicyclic) bond motifs is 2. The Hall–Kier alpha value is -3.82. The number of imidazole rings is 1. The van der Waals surface area contributed by atoms with Gasteiger partial charge in [-0.15, -0.1) is 0 Å². The molecule has 1 aliphatic carbocycles. The number of nitrogens with one attached hydrogen (secondary N) is 1. The van der Waals surface area contributed by atoms with E-state index < -0.39 is 0 Å². The molecule has 1 saturated heterocycles. The number of anilines is 1. The van der Waals surface area contributed by atoms with E-state index in [0.29, 0.717) is 17.9 Å². The molecule has 9 nitrogen and oxygen atoms in total. The van der Waals surface area contributed by atoms with E-state index in [0.717, 1.165) is 79.9 Å². The quantitative estimate of drug-likeness (QED) is 0.460. The first-order chi connectivity index (χ1) is 17.6. The van der Waals surface area contributed by atoms with E-state index in [1.165, 1.54) is 12.1 Å². The highest BCUT2D eigenvalue weighted by Gasteiger charge is 2.33. The molecule has 10 heteroatoms. The van der Waals surface area contributed by atoms with Crippen LogP contribution in [0.4, 0.5) is 10.2 Å². The number of H-pyrrole nitrogens is 1. The lowest BCUT2D eigenvalue weighted by molar-refractivity contribution is 0.0655. The summed E-state index contributed by atoms with van der Waals surface area (Å²) in [5.41, 5.74) is 4.98. The number of halogens is 1. The molecule has 1 fully saturated rings. The summed E-state index contributed by atoms with van der Waals surface area (Å²) in [5.74, 6) is 0.570.